The minimum absolute atomic E-state index is 0.211. The lowest BCUT2D eigenvalue weighted by Crippen LogP contribution is -2.07. The van der Waals surface area contributed by atoms with Crippen LogP contribution >= 0.6 is 11.8 Å². The lowest BCUT2D eigenvalue weighted by molar-refractivity contribution is 0.289. The second-order valence-electron chi connectivity index (χ2n) is 5.28. The molecule has 2 aromatic carbocycles. The molecule has 3 rings (SSSR count). The van der Waals surface area contributed by atoms with Crippen LogP contribution in [0.25, 0.3) is 0 Å². The Balaban J connectivity index is 1.70. The third kappa shape index (κ3) is 4.48. The SMILES string of the molecule is C=CCn1c(COc2ccccc2)nnc1SCc1ccccc1F. The van der Waals surface area contributed by atoms with Gasteiger partial charge in [-0.3, -0.25) is 4.57 Å². The van der Waals surface area contributed by atoms with E-state index in [0.29, 0.717) is 30.3 Å². The van der Waals surface area contributed by atoms with Gasteiger partial charge in [0.2, 0.25) is 0 Å². The van der Waals surface area contributed by atoms with Crippen molar-refractivity contribution >= 4 is 11.8 Å². The average molecular weight is 355 g/mol. The topological polar surface area (TPSA) is 39.9 Å². The number of allylic oxidation sites excluding steroid dienone is 1. The van der Waals surface area contributed by atoms with Crippen LogP contribution in [-0.2, 0) is 18.9 Å². The van der Waals surface area contributed by atoms with Crippen molar-refractivity contribution in [3.05, 3.63) is 84.5 Å². The summed E-state index contributed by atoms with van der Waals surface area (Å²) in [4.78, 5) is 0. The minimum atomic E-state index is -0.211. The number of hydrogen-bond donors (Lipinski definition) is 0. The van der Waals surface area contributed by atoms with E-state index in [1.54, 1.807) is 18.2 Å². The molecule has 0 amide bonds. The molecular formula is C19H18FN3OS. The first-order chi connectivity index (χ1) is 12.3. The highest BCUT2D eigenvalue weighted by Crippen LogP contribution is 2.24. The van der Waals surface area contributed by atoms with Crippen molar-refractivity contribution in [2.75, 3.05) is 0 Å². The molecule has 1 heterocycles. The Kier molecular flexibility index (Phi) is 5.85. The molecular weight excluding hydrogens is 337 g/mol. The maximum atomic E-state index is 13.8. The summed E-state index contributed by atoms with van der Waals surface area (Å²) in [5.74, 6) is 1.76. The summed E-state index contributed by atoms with van der Waals surface area (Å²) in [6, 6.07) is 16.3. The zero-order valence-electron chi connectivity index (χ0n) is 13.6. The Bertz CT molecular complexity index is 836. The highest BCUT2D eigenvalue weighted by atomic mass is 32.2. The van der Waals surface area contributed by atoms with Crippen LogP contribution in [0, 0.1) is 5.82 Å². The highest BCUT2D eigenvalue weighted by molar-refractivity contribution is 7.98. The van der Waals surface area contributed by atoms with Crippen LogP contribution in [0.1, 0.15) is 11.4 Å². The summed E-state index contributed by atoms with van der Waals surface area (Å²) in [7, 11) is 0. The Hall–Kier alpha value is -2.60. The van der Waals surface area contributed by atoms with E-state index in [1.807, 2.05) is 41.0 Å². The zero-order chi connectivity index (χ0) is 17.5. The summed E-state index contributed by atoms with van der Waals surface area (Å²) < 4.78 is 21.4. The van der Waals surface area contributed by atoms with Crippen LogP contribution < -0.4 is 4.74 Å². The zero-order valence-corrected chi connectivity index (χ0v) is 14.5. The van der Waals surface area contributed by atoms with Gasteiger partial charge < -0.3 is 4.74 Å². The number of benzene rings is 2. The van der Waals surface area contributed by atoms with Crippen LogP contribution in [0.5, 0.6) is 5.75 Å². The minimum Gasteiger partial charge on any atom is -0.486 e. The van der Waals surface area contributed by atoms with Crippen LogP contribution in [-0.4, -0.2) is 14.8 Å². The highest BCUT2D eigenvalue weighted by Gasteiger charge is 2.13. The summed E-state index contributed by atoms with van der Waals surface area (Å²) in [5.41, 5.74) is 0.641. The largest absolute Gasteiger partial charge is 0.486 e. The van der Waals surface area contributed by atoms with E-state index in [1.165, 1.54) is 17.8 Å². The van der Waals surface area contributed by atoms with Crippen molar-refractivity contribution in [3.8, 4) is 5.75 Å². The number of hydrogen-bond acceptors (Lipinski definition) is 4. The molecule has 6 heteroatoms. The molecule has 0 saturated heterocycles. The molecule has 0 atom stereocenters. The number of thioether (sulfide) groups is 1. The number of ether oxygens (including phenoxy) is 1. The number of rotatable bonds is 8. The lowest BCUT2D eigenvalue weighted by atomic mass is 10.2. The number of para-hydroxylation sites is 1. The van der Waals surface area contributed by atoms with Gasteiger partial charge in [0.25, 0.3) is 0 Å². The van der Waals surface area contributed by atoms with Crippen molar-refractivity contribution in [1.82, 2.24) is 14.8 Å². The van der Waals surface area contributed by atoms with Gasteiger partial charge in [0.05, 0.1) is 0 Å². The van der Waals surface area contributed by atoms with Gasteiger partial charge >= 0.3 is 0 Å². The smallest absolute Gasteiger partial charge is 0.191 e. The molecule has 0 aliphatic rings. The van der Waals surface area contributed by atoms with E-state index in [0.717, 1.165) is 10.9 Å². The standard InChI is InChI=1S/C19H18FN3OS/c1-2-12-23-18(13-24-16-9-4-3-5-10-16)21-22-19(23)25-14-15-8-6-7-11-17(15)20/h2-11H,1,12-14H2. The molecule has 3 aromatic rings. The molecule has 0 saturated carbocycles. The number of halogens is 1. The molecule has 0 aliphatic heterocycles. The van der Waals surface area contributed by atoms with E-state index >= 15 is 0 Å². The van der Waals surface area contributed by atoms with E-state index in [4.69, 9.17) is 4.74 Å². The second kappa shape index (κ2) is 8.48. The van der Waals surface area contributed by atoms with Gasteiger partial charge in [-0.1, -0.05) is 54.2 Å². The van der Waals surface area contributed by atoms with Gasteiger partial charge in [0.15, 0.2) is 11.0 Å². The summed E-state index contributed by atoms with van der Waals surface area (Å²) >= 11 is 1.44. The molecule has 4 nitrogen and oxygen atoms in total. The molecule has 1 aromatic heterocycles. The quantitative estimate of drug-likeness (QED) is 0.441. The van der Waals surface area contributed by atoms with Crippen LogP contribution in [0.3, 0.4) is 0 Å². The molecule has 0 radical (unpaired) electrons. The van der Waals surface area contributed by atoms with Gasteiger partial charge in [-0.05, 0) is 23.8 Å². The molecule has 0 fully saturated rings. The Morgan fingerprint density at radius 2 is 1.84 bits per heavy atom. The monoisotopic (exact) mass is 355 g/mol. The van der Waals surface area contributed by atoms with Crippen molar-refractivity contribution in [2.45, 2.75) is 24.1 Å². The van der Waals surface area contributed by atoms with Crippen molar-refractivity contribution in [3.63, 3.8) is 0 Å². The first kappa shape index (κ1) is 17.2. The molecule has 0 N–H and O–H groups in total. The maximum absolute atomic E-state index is 13.8. The van der Waals surface area contributed by atoms with Crippen LogP contribution in [0.15, 0.2) is 72.4 Å². The number of nitrogens with zero attached hydrogens (tertiary/aromatic N) is 3. The molecule has 128 valence electrons. The van der Waals surface area contributed by atoms with Crippen molar-refractivity contribution in [1.29, 1.82) is 0 Å². The fourth-order valence-corrected chi connectivity index (χ4v) is 3.22. The second-order valence-corrected chi connectivity index (χ2v) is 6.22. The van der Waals surface area contributed by atoms with Crippen molar-refractivity contribution in [2.24, 2.45) is 0 Å². The molecule has 0 spiro atoms. The summed E-state index contributed by atoms with van der Waals surface area (Å²) in [6.45, 7) is 4.66. The fraction of sp³-hybridized carbons (Fsp3) is 0.158. The van der Waals surface area contributed by atoms with E-state index in [9.17, 15) is 4.39 Å². The van der Waals surface area contributed by atoms with E-state index in [2.05, 4.69) is 16.8 Å². The van der Waals surface area contributed by atoms with E-state index in [-0.39, 0.29) is 5.82 Å². The normalized spacial score (nSPS) is 10.6. The van der Waals surface area contributed by atoms with Gasteiger partial charge in [-0.2, -0.15) is 0 Å². The first-order valence-corrected chi connectivity index (χ1v) is 8.83. The Labute approximate surface area is 150 Å². The predicted molar refractivity (Wildman–Crippen MR) is 97.0 cm³/mol. The summed E-state index contributed by atoms with van der Waals surface area (Å²) in [5, 5.41) is 9.15. The van der Waals surface area contributed by atoms with Crippen LogP contribution in [0.4, 0.5) is 4.39 Å². The maximum Gasteiger partial charge on any atom is 0.191 e. The van der Waals surface area contributed by atoms with Gasteiger partial charge in [0, 0.05) is 12.3 Å². The third-order valence-corrected chi connectivity index (χ3v) is 4.55. The molecule has 0 unspecified atom stereocenters. The van der Waals surface area contributed by atoms with E-state index < -0.39 is 0 Å². The molecule has 0 bridgehead atoms. The Morgan fingerprint density at radius 1 is 1.08 bits per heavy atom. The first-order valence-electron chi connectivity index (χ1n) is 7.85. The molecule has 0 aliphatic carbocycles. The third-order valence-electron chi connectivity index (χ3n) is 3.53. The van der Waals surface area contributed by atoms with Gasteiger partial charge in [-0.25, -0.2) is 4.39 Å². The van der Waals surface area contributed by atoms with Crippen LogP contribution in [0.2, 0.25) is 0 Å². The van der Waals surface area contributed by atoms with Gasteiger partial charge in [-0.15, -0.1) is 16.8 Å². The lowest BCUT2D eigenvalue weighted by Gasteiger charge is -2.09. The fourth-order valence-electron chi connectivity index (χ4n) is 2.27. The molecule has 25 heavy (non-hydrogen) atoms. The number of aromatic nitrogens is 3. The average Bonchev–Trinajstić information content (AvgIpc) is 3.02. The summed E-state index contributed by atoms with van der Waals surface area (Å²) in [6.07, 6.45) is 1.78. The van der Waals surface area contributed by atoms with Crippen molar-refractivity contribution < 1.29 is 9.13 Å². The predicted octanol–water partition coefficient (Wildman–Crippen LogP) is 4.47. The Morgan fingerprint density at radius 3 is 2.60 bits per heavy atom. The van der Waals surface area contributed by atoms with Gasteiger partial charge in [0.1, 0.15) is 18.2 Å².